The highest BCUT2D eigenvalue weighted by Gasteiger charge is 2.56. The Morgan fingerprint density at radius 1 is 1.14 bits per heavy atom. The van der Waals surface area contributed by atoms with Crippen LogP contribution in [0.5, 0.6) is 0 Å². The molecular formula is C34H45ClN6O2. The number of nitrogens with one attached hydrogen (secondary N) is 2. The number of fused-ring (bicyclic) bond motifs is 3. The third-order valence-corrected chi connectivity index (χ3v) is 10.7. The number of halogens is 1. The summed E-state index contributed by atoms with van der Waals surface area (Å²) < 4.78 is 1.54. The van der Waals surface area contributed by atoms with Crippen LogP contribution in [0.1, 0.15) is 59.1 Å². The van der Waals surface area contributed by atoms with Crippen molar-refractivity contribution in [1.29, 1.82) is 0 Å². The van der Waals surface area contributed by atoms with Gasteiger partial charge in [0.25, 0.3) is 5.56 Å². The molecule has 7 atom stereocenters. The first-order valence-corrected chi connectivity index (χ1v) is 16.1. The topological polar surface area (TPSA) is 94.8 Å². The van der Waals surface area contributed by atoms with Crippen molar-refractivity contribution < 1.29 is 5.11 Å². The van der Waals surface area contributed by atoms with Crippen molar-refractivity contribution in [3.8, 4) is 0 Å². The van der Waals surface area contributed by atoms with Gasteiger partial charge in [-0.2, -0.15) is 0 Å². The van der Waals surface area contributed by atoms with E-state index >= 15 is 0 Å². The fourth-order valence-electron chi connectivity index (χ4n) is 7.89. The standard InChI is InChI=1S/C34H45ClN6O2/c1-20-16-40(17-21(2)37-20)33(39-30-14-24-13-29(22(30)3)34(24,4)5)38-26-10-11-28-31(15-26)36-19-41(32(28)43)27(18-42)12-23-6-8-25(35)9-7-23/h6-11,15,19-22,24,27,29-30,37,42H,12-14,16-18H2,1-5H3,(H,38,39)/t20-,21+,22-,24-,27-,29+,30-/m0/s1. The van der Waals surface area contributed by atoms with Gasteiger partial charge in [0.1, 0.15) is 0 Å². The number of aliphatic hydroxyl groups excluding tert-OH is 1. The van der Waals surface area contributed by atoms with Gasteiger partial charge in [0.05, 0.1) is 35.9 Å². The Kier molecular flexibility index (Phi) is 8.31. The Morgan fingerprint density at radius 3 is 2.51 bits per heavy atom. The van der Waals surface area contributed by atoms with Crippen molar-refractivity contribution in [2.45, 2.75) is 78.0 Å². The SMILES string of the molecule is C[C@@H]1[C@@H](N=C(Nc2ccc3c(=O)n([C@H](CO)Cc4ccc(Cl)cc4)cnc3c2)N2C[C@@H](C)N[C@@H](C)C2)C[C@@H]2C[C@H]1C2(C)C. The Balaban J connectivity index is 1.27. The monoisotopic (exact) mass is 604 g/mol. The molecule has 2 heterocycles. The number of hydrogen-bond donors (Lipinski definition) is 3. The molecule has 0 radical (unpaired) electrons. The van der Waals surface area contributed by atoms with E-state index < -0.39 is 6.04 Å². The summed E-state index contributed by atoms with van der Waals surface area (Å²) >= 11 is 6.03. The zero-order valence-electron chi connectivity index (χ0n) is 25.9. The number of rotatable bonds is 6. The number of aromatic nitrogens is 2. The number of guanidine groups is 1. The summed E-state index contributed by atoms with van der Waals surface area (Å²) in [5, 5.41) is 18.6. The van der Waals surface area contributed by atoms with E-state index in [-0.39, 0.29) is 12.2 Å². The maximum absolute atomic E-state index is 13.5. The Morgan fingerprint density at radius 2 is 1.86 bits per heavy atom. The van der Waals surface area contributed by atoms with E-state index in [0.717, 1.165) is 48.6 Å². The van der Waals surface area contributed by atoms with E-state index in [9.17, 15) is 9.90 Å². The van der Waals surface area contributed by atoms with Gasteiger partial charge in [0.15, 0.2) is 5.96 Å². The van der Waals surface area contributed by atoms with Gasteiger partial charge in [0.2, 0.25) is 0 Å². The maximum Gasteiger partial charge on any atom is 0.261 e. The predicted molar refractivity (Wildman–Crippen MR) is 175 cm³/mol. The molecule has 43 heavy (non-hydrogen) atoms. The van der Waals surface area contributed by atoms with E-state index in [1.54, 1.807) is 6.33 Å². The second-order valence-corrected chi connectivity index (χ2v) is 14.3. The predicted octanol–water partition coefficient (Wildman–Crippen LogP) is 5.35. The average molecular weight is 605 g/mol. The van der Waals surface area contributed by atoms with Crippen molar-refractivity contribution in [2.24, 2.45) is 28.2 Å². The molecule has 4 aliphatic rings. The molecule has 4 fully saturated rings. The first-order chi connectivity index (χ1) is 20.5. The van der Waals surface area contributed by atoms with Crippen LogP contribution in [0.4, 0.5) is 5.69 Å². The van der Waals surface area contributed by atoms with Crippen LogP contribution in [-0.2, 0) is 6.42 Å². The third-order valence-electron chi connectivity index (χ3n) is 10.5. The first-order valence-electron chi connectivity index (χ1n) is 15.8. The van der Waals surface area contributed by atoms with E-state index in [1.165, 1.54) is 11.0 Å². The summed E-state index contributed by atoms with van der Waals surface area (Å²) in [6.07, 6.45) is 4.52. The van der Waals surface area contributed by atoms with Crippen LogP contribution in [0.2, 0.25) is 5.02 Å². The molecular weight excluding hydrogens is 560 g/mol. The highest BCUT2D eigenvalue weighted by atomic mass is 35.5. The van der Waals surface area contributed by atoms with Crippen LogP contribution in [0.15, 0.2) is 58.6 Å². The number of anilines is 1. The van der Waals surface area contributed by atoms with Crippen LogP contribution in [0.25, 0.3) is 10.9 Å². The van der Waals surface area contributed by atoms with Crippen LogP contribution in [0.3, 0.4) is 0 Å². The maximum atomic E-state index is 13.5. The molecule has 3 N–H and O–H groups in total. The number of aliphatic imine (C=N–C) groups is 1. The summed E-state index contributed by atoms with van der Waals surface area (Å²) in [7, 11) is 0. The quantitative estimate of drug-likeness (QED) is 0.259. The highest BCUT2D eigenvalue weighted by molar-refractivity contribution is 6.30. The third kappa shape index (κ3) is 5.94. The van der Waals surface area contributed by atoms with Gasteiger partial charge in [0, 0.05) is 35.9 Å². The van der Waals surface area contributed by atoms with Crippen LogP contribution in [0, 0.1) is 23.2 Å². The molecule has 0 unspecified atom stereocenters. The van der Waals surface area contributed by atoms with Crippen molar-refractivity contribution in [1.82, 2.24) is 19.8 Å². The molecule has 230 valence electrons. The van der Waals surface area contributed by atoms with Gasteiger partial charge in [-0.15, -0.1) is 0 Å². The summed E-state index contributed by atoms with van der Waals surface area (Å²) in [4.78, 5) is 26.0. The lowest BCUT2D eigenvalue weighted by atomic mass is 9.45. The molecule has 8 nitrogen and oxygen atoms in total. The summed E-state index contributed by atoms with van der Waals surface area (Å²) in [6.45, 7) is 13.3. The molecule has 1 aromatic heterocycles. The molecule has 0 amide bonds. The molecule has 2 aromatic carbocycles. The highest BCUT2D eigenvalue weighted by Crippen LogP contribution is 2.61. The molecule has 0 spiro atoms. The van der Waals surface area contributed by atoms with Crippen molar-refractivity contribution in [2.75, 3.05) is 25.0 Å². The second kappa shape index (κ2) is 11.9. The van der Waals surface area contributed by atoms with Crippen LogP contribution < -0.4 is 16.2 Å². The molecule has 3 aromatic rings. The van der Waals surface area contributed by atoms with E-state index in [1.807, 2.05) is 42.5 Å². The van der Waals surface area contributed by atoms with E-state index in [0.29, 0.717) is 51.8 Å². The molecule has 3 aliphatic carbocycles. The average Bonchev–Trinajstić information content (AvgIpc) is 2.97. The van der Waals surface area contributed by atoms with Crippen molar-refractivity contribution >= 4 is 34.2 Å². The molecule has 9 heteroatoms. The van der Waals surface area contributed by atoms with Gasteiger partial charge in [-0.05, 0) is 92.2 Å². The Hall–Kier alpha value is -2.94. The zero-order chi connectivity index (χ0) is 30.5. The lowest BCUT2D eigenvalue weighted by Gasteiger charge is -2.61. The number of hydrogen-bond acceptors (Lipinski definition) is 5. The minimum atomic E-state index is -0.424. The minimum absolute atomic E-state index is 0.166. The lowest BCUT2D eigenvalue weighted by molar-refractivity contribution is -0.108. The Labute approximate surface area is 259 Å². The van der Waals surface area contributed by atoms with Gasteiger partial charge in [-0.25, -0.2) is 9.98 Å². The van der Waals surface area contributed by atoms with Crippen LogP contribution in [-0.4, -0.2) is 63.3 Å². The molecule has 2 bridgehead atoms. The molecule has 1 saturated heterocycles. The van der Waals surface area contributed by atoms with Crippen molar-refractivity contribution in [3.05, 3.63) is 69.7 Å². The van der Waals surface area contributed by atoms with Gasteiger partial charge in [-0.1, -0.05) is 44.5 Å². The van der Waals surface area contributed by atoms with Gasteiger partial charge < -0.3 is 20.6 Å². The zero-order valence-corrected chi connectivity index (χ0v) is 26.7. The largest absolute Gasteiger partial charge is 0.394 e. The second-order valence-electron chi connectivity index (χ2n) is 13.8. The number of aliphatic hydroxyl groups is 1. The molecule has 3 saturated carbocycles. The Bertz CT molecular complexity index is 1540. The van der Waals surface area contributed by atoms with E-state index in [2.05, 4.69) is 55.1 Å². The molecule has 7 rings (SSSR count). The summed E-state index contributed by atoms with van der Waals surface area (Å²) in [5.41, 5.74) is 2.72. The van der Waals surface area contributed by atoms with E-state index in [4.69, 9.17) is 16.6 Å². The number of piperazine rings is 1. The van der Waals surface area contributed by atoms with Gasteiger partial charge in [-0.3, -0.25) is 9.36 Å². The minimum Gasteiger partial charge on any atom is -0.394 e. The summed E-state index contributed by atoms with van der Waals surface area (Å²) in [6, 6.07) is 13.8. The lowest BCUT2D eigenvalue weighted by Crippen LogP contribution is -2.59. The number of nitrogens with zero attached hydrogens (tertiary/aromatic N) is 4. The molecule has 1 aliphatic heterocycles. The fourth-order valence-corrected chi connectivity index (χ4v) is 8.01. The first kappa shape index (κ1) is 30.1. The van der Waals surface area contributed by atoms with Crippen LogP contribution >= 0.6 is 11.6 Å². The normalized spacial score (nSPS) is 29.3. The fraction of sp³-hybridized carbons (Fsp3) is 0.559. The smallest absolute Gasteiger partial charge is 0.261 e. The number of benzene rings is 2. The van der Waals surface area contributed by atoms with Crippen molar-refractivity contribution in [3.63, 3.8) is 0 Å². The van der Waals surface area contributed by atoms with Gasteiger partial charge >= 0.3 is 0 Å². The summed E-state index contributed by atoms with van der Waals surface area (Å²) in [5.74, 6) is 2.90.